The Kier molecular flexibility index (Phi) is 5.06. The van der Waals surface area contributed by atoms with E-state index in [0.717, 1.165) is 4.31 Å². The molecule has 0 aliphatic carbocycles. The number of thiophene rings is 1. The highest BCUT2D eigenvalue weighted by molar-refractivity contribution is 9.10. The molecule has 0 radical (unpaired) electrons. The molecule has 1 aromatic carbocycles. The van der Waals surface area contributed by atoms with Gasteiger partial charge < -0.3 is 5.32 Å². The van der Waals surface area contributed by atoms with Crippen LogP contribution in [0.3, 0.4) is 0 Å². The first kappa shape index (κ1) is 17.1. The van der Waals surface area contributed by atoms with Crippen LogP contribution in [0.25, 0.3) is 0 Å². The fraction of sp³-hybridized carbons (Fsp3) is 0.214. The maximum atomic E-state index is 12.3. The Hall–Kier alpha value is -1.22. The smallest absolute Gasteiger partial charge is 0.266 e. The number of sulfonamides is 1. The van der Waals surface area contributed by atoms with Gasteiger partial charge in [-0.15, -0.1) is 11.3 Å². The van der Waals surface area contributed by atoms with Gasteiger partial charge in [-0.05, 0) is 52.0 Å². The van der Waals surface area contributed by atoms with Crippen LogP contribution in [0, 0.1) is 6.92 Å². The highest BCUT2D eigenvalue weighted by Gasteiger charge is 2.21. The average Bonchev–Trinajstić information content (AvgIpc) is 2.86. The molecule has 0 spiro atoms. The van der Waals surface area contributed by atoms with Crippen molar-refractivity contribution in [1.82, 2.24) is 4.31 Å². The second-order valence-electron chi connectivity index (χ2n) is 4.82. The maximum Gasteiger partial charge on any atom is 0.266 e. The van der Waals surface area contributed by atoms with Crippen molar-refractivity contribution in [1.29, 1.82) is 0 Å². The van der Waals surface area contributed by atoms with Gasteiger partial charge in [-0.3, -0.25) is 4.79 Å². The lowest BCUT2D eigenvalue weighted by molar-refractivity contribution is 0.103. The molecule has 0 aliphatic rings. The van der Waals surface area contributed by atoms with E-state index in [9.17, 15) is 13.2 Å². The lowest BCUT2D eigenvalue weighted by atomic mass is 10.2. The van der Waals surface area contributed by atoms with Crippen LogP contribution in [-0.4, -0.2) is 32.7 Å². The summed E-state index contributed by atoms with van der Waals surface area (Å²) in [4.78, 5) is 12.9. The van der Waals surface area contributed by atoms with E-state index in [1.165, 1.54) is 31.5 Å². The lowest BCUT2D eigenvalue weighted by Gasteiger charge is -2.15. The van der Waals surface area contributed by atoms with E-state index in [1.807, 2.05) is 0 Å². The van der Waals surface area contributed by atoms with Crippen molar-refractivity contribution in [3.8, 4) is 0 Å². The number of hydrogen-bond acceptors (Lipinski definition) is 4. The normalized spacial score (nSPS) is 11.7. The molecule has 2 aromatic rings. The van der Waals surface area contributed by atoms with Crippen molar-refractivity contribution in [2.24, 2.45) is 0 Å². The molecule has 1 amide bonds. The molecule has 1 aromatic heterocycles. The Bertz CT molecular complexity index is 813. The van der Waals surface area contributed by atoms with E-state index in [1.54, 1.807) is 30.5 Å². The number of rotatable bonds is 4. The van der Waals surface area contributed by atoms with Crippen LogP contribution in [0.15, 0.2) is 39.0 Å². The van der Waals surface area contributed by atoms with Crippen molar-refractivity contribution >= 4 is 48.9 Å². The van der Waals surface area contributed by atoms with Gasteiger partial charge in [0.1, 0.15) is 4.88 Å². The monoisotopic (exact) mass is 402 g/mol. The summed E-state index contributed by atoms with van der Waals surface area (Å²) in [5.41, 5.74) is 1.07. The summed E-state index contributed by atoms with van der Waals surface area (Å²) >= 11 is 4.61. The van der Waals surface area contributed by atoms with Crippen LogP contribution in [0.5, 0.6) is 0 Å². The van der Waals surface area contributed by atoms with Crippen molar-refractivity contribution < 1.29 is 13.2 Å². The third-order valence-electron chi connectivity index (χ3n) is 3.03. The molecule has 0 saturated carbocycles. The number of nitrogens with one attached hydrogen (secondary N) is 1. The quantitative estimate of drug-likeness (QED) is 0.852. The molecule has 0 atom stereocenters. The van der Waals surface area contributed by atoms with Gasteiger partial charge in [-0.2, -0.15) is 0 Å². The molecular weight excluding hydrogens is 388 g/mol. The van der Waals surface area contributed by atoms with Gasteiger partial charge in [-0.25, -0.2) is 12.7 Å². The van der Waals surface area contributed by atoms with Crippen molar-refractivity contribution in [2.45, 2.75) is 11.8 Å². The second-order valence-corrected chi connectivity index (χ2v) is 8.71. The van der Waals surface area contributed by atoms with Crippen molar-refractivity contribution in [3.05, 3.63) is 44.6 Å². The van der Waals surface area contributed by atoms with Crippen LogP contribution < -0.4 is 5.32 Å². The fourth-order valence-corrected chi connectivity index (χ4v) is 4.39. The van der Waals surface area contributed by atoms with E-state index in [0.29, 0.717) is 20.6 Å². The largest absolute Gasteiger partial charge is 0.321 e. The minimum Gasteiger partial charge on any atom is -0.321 e. The van der Waals surface area contributed by atoms with Crippen LogP contribution >= 0.6 is 27.3 Å². The molecule has 5 nitrogen and oxygen atoms in total. The number of aryl methyl sites for hydroxylation is 1. The molecule has 22 heavy (non-hydrogen) atoms. The average molecular weight is 403 g/mol. The number of anilines is 1. The van der Waals surface area contributed by atoms with Gasteiger partial charge in [0.15, 0.2) is 0 Å². The first-order chi connectivity index (χ1) is 10.2. The number of halogens is 1. The van der Waals surface area contributed by atoms with Crippen LogP contribution in [-0.2, 0) is 10.0 Å². The number of benzene rings is 1. The molecule has 0 unspecified atom stereocenters. The molecule has 0 aliphatic heterocycles. The Balaban J connectivity index is 2.35. The molecule has 1 N–H and O–H groups in total. The summed E-state index contributed by atoms with van der Waals surface area (Å²) in [5, 5.41) is 4.52. The Morgan fingerprint density at radius 3 is 2.50 bits per heavy atom. The Labute approximate surface area is 142 Å². The molecule has 1 heterocycles. The van der Waals surface area contributed by atoms with Gasteiger partial charge in [-0.1, -0.05) is 6.07 Å². The number of carbonyl (C=O) groups excluding carboxylic acids is 1. The molecule has 8 heteroatoms. The van der Waals surface area contributed by atoms with E-state index in [4.69, 9.17) is 0 Å². The molecular formula is C14H15BrN2O3S2. The van der Waals surface area contributed by atoms with Gasteiger partial charge in [0.25, 0.3) is 5.91 Å². The summed E-state index contributed by atoms with van der Waals surface area (Å²) in [5.74, 6) is -0.279. The summed E-state index contributed by atoms with van der Waals surface area (Å²) in [6, 6.07) is 6.62. The SMILES string of the molecule is Cc1ccc(NC(=O)c2sccc2Br)cc1S(=O)(=O)N(C)C. The van der Waals surface area contributed by atoms with E-state index in [-0.39, 0.29) is 10.8 Å². The van der Waals surface area contributed by atoms with E-state index in [2.05, 4.69) is 21.2 Å². The minimum absolute atomic E-state index is 0.181. The summed E-state index contributed by atoms with van der Waals surface area (Å²) in [6.45, 7) is 1.72. The Morgan fingerprint density at radius 2 is 1.95 bits per heavy atom. The van der Waals surface area contributed by atoms with Crippen molar-refractivity contribution in [3.63, 3.8) is 0 Å². The van der Waals surface area contributed by atoms with E-state index < -0.39 is 10.0 Å². The van der Waals surface area contributed by atoms with Crippen molar-refractivity contribution in [2.75, 3.05) is 19.4 Å². The predicted octanol–water partition coefficient (Wildman–Crippen LogP) is 3.32. The van der Waals surface area contributed by atoms with Crippen LogP contribution in [0.4, 0.5) is 5.69 Å². The number of carbonyl (C=O) groups is 1. The fourth-order valence-electron chi connectivity index (χ4n) is 1.80. The standard InChI is InChI=1S/C14H15BrN2O3S2/c1-9-4-5-10(8-12(9)22(19,20)17(2)3)16-14(18)13-11(15)6-7-21-13/h4-8H,1-3H3,(H,16,18). The minimum atomic E-state index is -3.55. The second kappa shape index (κ2) is 6.49. The highest BCUT2D eigenvalue weighted by Crippen LogP contribution is 2.26. The lowest BCUT2D eigenvalue weighted by Crippen LogP contribution is -2.23. The molecule has 0 saturated heterocycles. The van der Waals surface area contributed by atoms with E-state index >= 15 is 0 Å². The summed E-state index contributed by atoms with van der Waals surface area (Å²) in [7, 11) is -0.602. The third kappa shape index (κ3) is 3.40. The highest BCUT2D eigenvalue weighted by atomic mass is 79.9. The zero-order valence-electron chi connectivity index (χ0n) is 12.3. The number of amides is 1. The summed E-state index contributed by atoms with van der Waals surface area (Å²) in [6.07, 6.45) is 0. The van der Waals surface area contributed by atoms with Gasteiger partial charge in [0.05, 0.1) is 4.90 Å². The topological polar surface area (TPSA) is 66.5 Å². The Morgan fingerprint density at radius 1 is 1.27 bits per heavy atom. The van der Waals surface area contributed by atoms with Gasteiger partial charge in [0, 0.05) is 24.3 Å². The third-order valence-corrected chi connectivity index (χ3v) is 6.82. The summed E-state index contributed by atoms with van der Waals surface area (Å²) < 4.78 is 26.4. The predicted molar refractivity (Wildman–Crippen MR) is 92.0 cm³/mol. The zero-order valence-corrected chi connectivity index (χ0v) is 15.5. The zero-order chi connectivity index (χ0) is 16.5. The molecule has 0 fully saturated rings. The van der Waals surface area contributed by atoms with Gasteiger partial charge >= 0.3 is 0 Å². The number of hydrogen-bond donors (Lipinski definition) is 1. The van der Waals surface area contributed by atoms with Gasteiger partial charge in [0.2, 0.25) is 10.0 Å². The molecule has 0 bridgehead atoms. The number of nitrogens with zero attached hydrogens (tertiary/aromatic N) is 1. The molecule has 2 rings (SSSR count). The van der Waals surface area contributed by atoms with Crippen LogP contribution in [0.2, 0.25) is 0 Å². The molecule has 118 valence electrons. The maximum absolute atomic E-state index is 12.3. The van der Waals surface area contributed by atoms with Crippen LogP contribution in [0.1, 0.15) is 15.2 Å². The first-order valence-corrected chi connectivity index (χ1v) is 9.42. The first-order valence-electron chi connectivity index (χ1n) is 6.31.